The first-order chi connectivity index (χ1) is 13.6. The smallest absolute Gasteiger partial charge is 0.258 e. The van der Waals surface area contributed by atoms with Gasteiger partial charge in [-0.3, -0.25) is 4.79 Å². The molecule has 1 aliphatic rings. The van der Waals surface area contributed by atoms with Gasteiger partial charge in [-0.25, -0.2) is 4.98 Å². The number of rotatable bonds is 5. The topological polar surface area (TPSA) is 116 Å². The largest absolute Gasteiger partial charge is 0.507 e. The lowest BCUT2D eigenvalue weighted by Gasteiger charge is -2.38. The van der Waals surface area contributed by atoms with Gasteiger partial charge in [0.25, 0.3) is 11.8 Å². The highest BCUT2D eigenvalue weighted by atomic mass is 16.5. The third-order valence-corrected chi connectivity index (χ3v) is 4.74. The highest BCUT2D eigenvalue weighted by molar-refractivity contribution is 5.97. The number of benzene rings is 1. The number of aliphatic hydroxyl groups is 1. The minimum Gasteiger partial charge on any atom is -0.507 e. The number of piperidine rings is 1. The van der Waals surface area contributed by atoms with Gasteiger partial charge in [0.15, 0.2) is 5.75 Å². The van der Waals surface area contributed by atoms with Crippen LogP contribution in [0.15, 0.2) is 36.5 Å². The summed E-state index contributed by atoms with van der Waals surface area (Å²) in [4.78, 5) is 18.6. The molecule has 8 nitrogen and oxygen atoms in total. The first-order valence-electron chi connectivity index (χ1n) is 8.88. The zero-order chi connectivity index (χ0) is 20.1. The van der Waals surface area contributed by atoms with Crippen molar-refractivity contribution in [3.8, 4) is 23.4 Å². The second-order valence-corrected chi connectivity index (χ2v) is 6.44. The number of phenolic OH excluding ortho intramolecular Hbond substituents is 1. The fraction of sp³-hybridized carbons (Fsp3) is 0.350. The zero-order valence-electron chi connectivity index (χ0n) is 15.4. The lowest BCUT2D eigenvalue weighted by molar-refractivity contribution is 0.0192. The molecule has 1 fully saturated rings. The number of carbonyl (C=O) groups is 1. The van der Waals surface area contributed by atoms with E-state index in [1.807, 2.05) is 6.07 Å². The third-order valence-electron chi connectivity index (χ3n) is 4.74. The Bertz CT molecular complexity index is 896. The molecular weight excluding hydrogens is 362 g/mol. The van der Waals surface area contributed by atoms with Crippen molar-refractivity contribution in [1.29, 1.82) is 5.26 Å². The monoisotopic (exact) mass is 383 g/mol. The molecule has 0 spiro atoms. The molecular formula is C20H21N3O5. The van der Waals surface area contributed by atoms with E-state index in [4.69, 9.17) is 9.47 Å². The minimum absolute atomic E-state index is 0.114. The maximum Gasteiger partial charge on any atom is 0.258 e. The number of aliphatic hydroxyl groups excluding tert-OH is 1. The first kappa shape index (κ1) is 19.5. The summed E-state index contributed by atoms with van der Waals surface area (Å²) in [5.74, 6) is -0.0646. The molecule has 2 aromatic rings. The summed E-state index contributed by atoms with van der Waals surface area (Å²) in [6.45, 7) is 0.0254. The van der Waals surface area contributed by atoms with Crippen LogP contribution in [0.1, 0.15) is 28.8 Å². The molecule has 1 aromatic heterocycles. The molecule has 2 N–H and O–H groups in total. The Morgan fingerprint density at radius 2 is 2.14 bits per heavy atom. The van der Waals surface area contributed by atoms with Gasteiger partial charge in [0, 0.05) is 6.20 Å². The molecule has 0 aliphatic carbocycles. The van der Waals surface area contributed by atoms with Crippen LogP contribution in [0.25, 0.3) is 0 Å². The summed E-state index contributed by atoms with van der Waals surface area (Å²) in [5.41, 5.74) is 0.475. The highest BCUT2D eigenvalue weighted by Gasteiger charge is 2.34. The Labute approximate surface area is 162 Å². The number of aromatic hydroxyl groups is 1. The standard InChI is InChI=1S/C20H21N3O5/c1-27-18-13(10-21)8-9-22-19(18)28-15-7-6-14(12-24)23(11-15)20(26)16-4-2-3-5-17(16)25/h2-5,8-9,14-15,24-25H,6-7,11-12H2,1H3/t14-,15+/m0/s1. The average molecular weight is 383 g/mol. The lowest BCUT2D eigenvalue weighted by Crippen LogP contribution is -2.51. The second-order valence-electron chi connectivity index (χ2n) is 6.44. The van der Waals surface area contributed by atoms with Crippen LogP contribution in [0.2, 0.25) is 0 Å². The van der Waals surface area contributed by atoms with Gasteiger partial charge in [-0.05, 0) is 31.0 Å². The molecule has 146 valence electrons. The van der Waals surface area contributed by atoms with Crippen LogP contribution in [-0.2, 0) is 0 Å². The Morgan fingerprint density at radius 1 is 1.36 bits per heavy atom. The normalized spacial score (nSPS) is 19.0. The van der Waals surface area contributed by atoms with Crippen molar-refractivity contribution in [3.63, 3.8) is 0 Å². The summed E-state index contributed by atoms with van der Waals surface area (Å²) in [6, 6.07) is 9.48. The molecule has 1 amide bonds. The Kier molecular flexibility index (Phi) is 5.96. The van der Waals surface area contributed by atoms with E-state index in [0.717, 1.165) is 0 Å². The molecule has 1 aliphatic heterocycles. The van der Waals surface area contributed by atoms with Crippen molar-refractivity contribution in [3.05, 3.63) is 47.7 Å². The predicted octanol–water partition coefficient (Wildman–Crippen LogP) is 1.71. The quantitative estimate of drug-likeness (QED) is 0.807. The minimum atomic E-state index is -0.395. The molecule has 0 bridgehead atoms. The predicted molar refractivity (Wildman–Crippen MR) is 99.2 cm³/mol. The number of nitrogens with zero attached hydrogens (tertiary/aromatic N) is 3. The van der Waals surface area contributed by atoms with Crippen LogP contribution in [0.3, 0.4) is 0 Å². The fourth-order valence-electron chi connectivity index (χ4n) is 3.29. The van der Waals surface area contributed by atoms with Gasteiger partial charge in [0.05, 0.1) is 31.9 Å². The van der Waals surface area contributed by atoms with Crippen LogP contribution >= 0.6 is 0 Å². The molecule has 0 saturated carbocycles. The number of pyridine rings is 1. The maximum atomic E-state index is 12.9. The molecule has 1 saturated heterocycles. The zero-order valence-corrected chi connectivity index (χ0v) is 15.4. The average Bonchev–Trinajstić information content (AvgIpc) is 2.73. The number of aromatic nitrogens is 1. The highest BCUT2D eigenvalue weighted by Crippen LogP contribution is 2.31. The molecule has 0 radical (unpaired) electrons. The maximum absolute atomic E-state index is 12.9. The number of amides is 1. The number of hydrogen-bond donors (Lipinski definition) is 2. The van der Waals surface area contributed by atoms with Crippen LogP contribution in [-0.4, -0.2) is 58.4 Å². The van der Waals surface area contributed by atoms with E-state index in [9.17, 15) is 20.3 Å². The van der Waals surface area contributed by atoms with Crippen molar-refractivity contribution in [2.75, 3.05) is 20.3 Å². The Morgan fingerprint density at radius 3 is 2.82 bits per heavy atom. The van der Waals surface area contributed by atoms with Crippen molar-refractivity contribution in [2.24, 2.45) is 0 Å². The lowest BCUT2D eigenvalue weighted by atomic mass is 9.99. The Hall–Kier alpha value is -3.31. The van der Waals surface area contributed by atoms with E-state index in [0.29, 0.717) is 18.4 Å². The number of phenols is 1. The van der Waals surface area contributed by atoms with E-state index in [1.54, 1.807) is 12.1 Å². The molecule has 2 atom stereocenters. The number of nitriles is 1. The molecule has 1 aromatic carbocycles. The Balaban J connectivity index is 1.82. The van der Waals surface area contributed by atoms with E-state index >= 15 is 0 Å². The van der Waals surface area contributed by atoms with Crippen molar-refractivity contribution >= 4 is 5.91 Å². The van der Waals surface area contributed by atoms with Crippen LogP contribution < -0.4 is 9.47 Å². The van der Waals surface area contributed by atoms with Crippen LogP contribution in [0, 0.1) is 11.3 Å². The summed E-state index contributed by atoms with van der Waals surface area (Å²) < 4.78 is 11.2. The second kappa shape index (κ2) is 8.59. The number of methoxy groups -OCH3 is 1. The van der Waals surface area contributed by atoms with Gasteiger partial charge in [-0.1, -0.05) is 12.1 Å². The third kappa shape index (κ3) is 3.85. The summed E-state index contributed by atoms with van der Waals surface area (Å²) in [6.07, 6.45) is 2.19. The number of likely N-dealkylation sites (tertiary alicyclic amines) is 1. The molecule has 0 unspecified atom stereocenters. The van der Waals surface area contributed by atoms with E-state index in [1.165, 1.54) is 36.4 Å². The van der Waals surface area contributed by atoms with Gasteiger partial charge in [-0.15, -0.1) is 0 Å². The van der Waals surface area contributed by atoms with Crippen molar-refractivity contribution < 1.29 is 24.5 Å². The molecule has 8 heteroatoms. The number of hydrogen-bond acceptors (Lipinski definition) is 7. The summed E-state index contributed by atoms with van der Waals surface area (Å²) >= 11 is 0. The van der Waals surface area contributed by atoms with Crippen LogP contribution in [0.4, 0.5) is 0 Å². The van der Waals surface area contributed by atoms with Crippen molar-refractivity contribution in [1.82, 2.24) is 9.88 Å². The van der Waals surface area contributed by atoms with Gasteiger partial charge in [0.1, 0.15) is 23.5 Å². The summed E-state index contributed by atoms with van der Waals surface area (Å²) in [7, 11) is 1.43. The van der Waals surface area contributed by atoms with Crippen LogP contribution in [0.5, 0.6) is 17.4 Å². The fourth-order valence-corrected chi connectivity index (χ4v) is 3.29. The van der Waals surface area contributed by atoms with Gasteiger partial charge in [0.2, 0.25) is 0 Å². The number of para-hydroxylation sites is 1. The number of carbonyl (C=O) groups excluding carboxylic acids is 1. The number of ether oxygens (including phenoxy) is 2. The van der Waals surface area contributed by atoms with Crippen molar-refractivity contribution in [2.45, 2.75) is 25.0 Å². The first-order valence-corrected chi connectivity index (χ1v) is 8.88. The van der Waals surface area contributed by atoms with E-state index in [-0.39, 0.29) is 48.0 Å². The van der Waals surface area contributed by atoms with E-state index in [2.05, 4.69) is 4.98 Å². The van der Waals surface area contributed by atoms with Gasteiger partial charge < -0.3 is 24.6 Å². The van der Waals surface area contributed by atoms with E-state index < -0.39 is 6.10 Å². The SMILES string of the molecule is COc1c(C#N)ccnc1O[C@@H]1CC[C@@H](CO)N(C(=O)c2ccccc2O)C1. The molecule has 2 heterocycles. The summed E-state index contributed by atoms with van der Waals surface area (Å²) in [5, 5.41) is 28.9. The van der Waals surface area contributed by atoms with Gasteiger partial charge in [-0.2, -0.15) is 5.26 Å². The molecule has 3 rings (SSSR count). The molecule has 28 heavy (non-hydrogen) atoms. The van der Waals surface area contributed by atoms with Gasteiger partial charge >= 0.3 is 0 Å².